The van der Waals surface area contributed by atoms with Crippen molar-refractivity contribution in [3.8, 4) is 5.75 Å². The molecule has 2 aliphatic rings. The molecular formula is C18H15F2N3O5. The van der Waals surface area contributed by atoms with Crippen LogP contribution in [0.5, 0.6) is 5.75 Å². The minimum absolute atomic E-state index is 0.164. The Hall–Kier alpha value is -3.27. The van der Waals surface area contributed by atoms with E-state index in [4.69, 9.17) is 9.47 Å². The molecule has 146 valence electrons. The Morgan fingerprint density at radius 1 is 1.21 bits per heavy atom. The van der Waals surface area contributed by atoms with Gasteiger partial charge in [0.05, 0.1) is 22.7 Å². The van der Waals surface area contributed by atoms with Crippen molar-refractivity contribution in [3.05, 3.63) is 57.6 Å². The fourth-order valence-electron chi connectivity index (χ4n) is 3.34. The van der Waals surface area contributed by atoms with E-state index in [1.165, 1.54) is 18.2 Å². The van der Waals surface area contributed by atoms with Gasteiger partial charge in [-0.05, 0) is 30.2 Å². The van der Waals surface area contributed by atoms with E-state index in [1.54, 1.807) is 0 Å². The number of hydrogen-bond acceptors (Lipinski definition) is 6. The highest BCUT2D eigenvalue weighted by Crippen LogP contribution is 2.40. The lowest BCUT2D eigenvalue weighted by Gasteiger charge is -2.23. The van der Waals surface area contributed by atoms with Crippen molar-refractivity contribution < 1.29 is 28.0 Å². The van der Waals surface area contributed by atoms with Gasteiger partial charge in [-0.15, -0.1) is 0 Å². The van der Waals surface area contributed by atoms with Gasteiger partial charge in [0, 0.05) is 6.61 Å². The van der Waals surface area contributed by atoms with Crippen LogP contribution < -0.4 is 15.4 Å². The molecule has 2 N–H and O–H groups in total. The average molecular weight is 391 g/mol. The van der Waals surface area contributed by atoms with Crippen molar-refractivity contribution in [2.24, 2.45) is 0 Å². The molecule has 28 heavy (non-hydrogen) atoms. The van der Waals surface area contributed by atoms with Crippen molar-refractivity contribution >= 4 is 23.0 Å². The number of rotatable bonds is 4. The summed E-state index contributed by atoms with van der Waals surface area (Å²) in [6, 6.07) is 5.72. The second-order valence-electron chi connectivity index (χ2n) is 6.46. The highest BCUT2D eigenvalue weighted by atomic mass is 19.2. The van der Waals surface area contributed by atoms with Gasteiger partial charge in [0.25, 0.3) is 11.6 Å². The third kappa shape index (κ3) is 3.33. The van der Waals surface area contributed by atoms with Crippen LogP contribution in [0.1, 0.15) is 18.1 Å². The first-order chi connectivity index (χ1) is 13.4. The summed E-state index contributed by atoms with van der Waals surface area (Å²) < 4.78 is 37.7. The van der Waals surface area contributed by atoms with Crippen LogP contribution in [0, 0.1) is 21.7 Å². The molecule has 2 aliphatic heterocycles. The lowest BCUT2D eigenvalue weighted by atomic mass is 10.0. The molecule has 1 amide bonds. The lowest BCUT2D eigenvalue weighted by Crippen LogP contribution is -2.27. The molecule has 10 heteroatoms. The minimum atomic E-state index is -0.994. The van der Waals surface area contributed by atoms with Crippen LogP contribution in [0.4, 0.5) is 25.8 Å². The SMILES string of the molecule is O=C1COc2cc([N+](=O)[O-])c(NC3CCOC3c3ccc(F)c(F)c3)cc2N1. The number of anilines is 2. The number of amides is 1. The summed E-state index contributed by atoms with van der Waals surface area (Å²) in [5.41, 5.74) is 0.669. The summed E-state index contributed by atoms with van der Waals surface area (Å²) in [7, 11) is 0. The zero-order valence-corrected chi connectivity index (χ0v) is 14.4. The maximum Gasteiger partial charge on any atom is 0.296 e. The number of nitrogens with one attached hydrogen (secondary N) is 2. The highest BCUT2D eigenvalue weighted by molar-refractivity contribution is 5.96. The van der Waals surface area contributed by atoms with Crippen molar-refractivity contribution in [2.45, 2.75) is 18.6 Å². The topological polar surface area (TPSA) is 103 Å². The monoisotopic (exact) mass is 391 g/mol. The third-order valence-electron chi connectivity index (χ3n) is 4.63. The van der Waals surface area contributed by atoms with Crippen molar-refractivity contribution in [1.29, 1.82) is 0 Å². The largest absolute Gasteiger partial charge is 0.481 e. The number of ether oxygens (including phenoxy) is 2. The Morgan fingerprint density at radius 2 is 2.04 bits per heavy atom. The second kappa shape index (κ2) is 7.04. The lowest BCUT2D eigenvalue weighted by molar-refractivity contribution is -0.384. The van der Waals surface area contributed by atoms with Crippen molar-refractivity contribution in [1.82, 2.24) is 0 Å². The van der Waals surface area contributed by atoms with Crippen LogP contribution in [-0.4, -0.2) is 30.1 Å². The summed E-state index contributed by atoms with van der Waals surface area (Å²) in [5, 5.41) is 17.1. The molecule has 8 nitrogen and oxygen atoms in total. The van der Waals surface area contributed by atoms with Crippen LogP contribution in [0.3, 0.4) is 0 Å². The van der Waals surface area contributed by atoms with Gasteiger partial charge in [0.1, 0.15) is 11.8 Å². The fraction of sp³-hybridized carbons (Fsp3) is 0.278. The molecule has 2 heterocycles. The number of benzene rings is 2. The van der Waals surface area contributed by atoms with E-state index >= 15 is 0 Å². The van der Waals surface area contributed by atoms with E-state index in [0.717, 1.165) is 12.1 Å². The van der Waals surface area contributed by atoms with Crippen molar-refractivity contribution in [2.75, 3.05) is 23.8 Å². The summed E-state index contributed by atoms with van der Waals surface area (Å²) in [4.78, 5) is 22.4. The van der Waals surface area contributed by atoms with Gasteiger partial charge in [0.2, 0.25) is 0 Å². The molecule has 2 aromatic rings. The van der Waals surface area contributed by atoms with Crippen LogP contribution in [-0.2, 0) is 9.53 Å². The fourth-order valence-corrected chi connectivity index (χ4v) is 3.34. The Morgan fingerprint density at radius 3 is 2.79 bits per heavy atom. The molecule has 0 aliphatic carbocycles. The standard InChI is InChI=1S/C18H15F2N3O5/c19-10-2-1-9(5-11(10)20)18-12(3-4-27-18)21-13-6-14-16(7-15(13)23(25)26)28-8-17(24)22-14/h1-2,5-7,12,18,21H,3-4,8H2,(H,22,24). The maximum absolute atomic E-state index is 13.6. The summed E-state index contributed by atoms with van der Waals surface area (Å²) in [5.74, 6) is -2.12. The van der Waals surface area contributed by atoms with Gasteiger partial charge in [-0.3, -0.25) is 14.9 Å². The zero-order chi connectivity index (χ0) is 19.8. The third-order valence-corrected chi connectivity index (χ3v) is 4.63. The molecule has 0 saturated carbocycles. The Balaban J connectivity index is 1.65. The first-order valence-electron chi connectivity index (χ1n) is 8.50. The van der Waals surface area contributed by atoms with Gasteiger partial charge >= 0.3 is 0 Å². The smallest absolute Gasteiger partial charge is 0.296 e. The van der Waals surface area contributed by atoms with Gasteiger partial charge < -0.3 is 20.1 Å². The van der Waals surface area contributed by atoms with E-state index in [1.807, 2.05) is 0 Å². The molecule has 0 bridgehead atoms. The number of nitro groups is 1. The molecule has 0 aromatic heterocycles. The molecule has 0 radical (unpaired) electrons. The number of hydrogen-bond donors (Lipinski definition) is 2. The minimum Gasteiger partial charge on any atom is -0.481 e. The molecule has 2 atom stereocenters. The number of carbonyl (C=O) groups excluding carboxylic acids is 1. The second-order valence-corrected chi connectivity index (χ2v) is 6.46. The molecule has 1 saturated heterocycles. The maximum atomic E-state index is 13.6. The van der Waals surface area contributed by atoms with Gasteiger partial charge in [-0.1, -0.05) is 6.07 Å². The quantitative estimate of drug-likeness (QED) is 0.613. The van der Waals surface area contributed by atoms with E-state index < -0.39 is 28.7 Å². The van der Waals surface area contributed by atoms with E-state index in [9.17, 15) is 23.7 Å². The normalized spacial score (nSPS) is 20.9. The Labute approximate surface area is 157 Å². The Kier molecular flexibility index (Phi) is 4.55. The predicted octanol–water partition coefficient (Wildman–Crippen LogP) is 3.15. The van der Waals surface area contributed by atoms with Crippen LogP contribution >= 0.6 is 0 Å². The number of fused-ring (bicyclic) bond motifs is 1. The first kappa shape index (κ1) is 18.1. The molecule has 0 spiro atoms. The summed E-state index contributed by atoms with van der Waals surface area (Å²) in [6.07, 6.45) is -0.114. The van der Waals surface area contributed by atoms with Crippen LogP contribution in [0.15, 0.2) is 30.3 Å². The van der Waals surface area contributed by atoms with E-state index in [2.05, 4.69) is 10.6 Å². The van der Waals surface area contributed by atoms with Gasteiger partial charge in [0.15, 0.2) is 24.0 Å². The summed E-state index contributed by atoms with van der Waals surface area (Å²) in [6.45, 7) is 0.130. The predicted molar refractivity (Wildman–Crippen MR) is 94.3 cm³/mol. The molecule has 2 aromatic carbocycles. The first-order valence-corrected chi connectivity index (χ1v) is 8.50. The molecule has 2 unspecified atom stereocenters. The summed E-state index contributed by atoms with van der Waals surface area (Å²) >= 11 is 0. The molecular weight excluding hydrogens is 376 g/mol. The number of halogens is 2. The average Bonchev–Trinajstić information content (AvgIpc) is 3.11. The molecule has 1 fully saturated rings. The van der Waals surface area contributed by atoms with Crippen molar-refractivity contribution in [3.63, 3.8) is 0 Å². The number of nitro benzene ring substituents is 1. The Bertz CT molecular complexity index is 968. The number of nitrogens with zero attached hydrogens (tertiary/aromatic N) is 1. The number of carbonyl (C=O) groups is 1. The van der Waals surface area contributed by atoms with Gasteiger partial charge in [-0.25, -0.2) is 8.78 Å². The molecule has 4 rings (SSSR count). The van der Waals surface area contributed by atoms with E-state index in [-0.39, 0.29) is 29.6 Å². The van der Waals surface area contributed by atoms with Crippen LogP contribution in [0.25, 0.3) is 0 Å². The van der Waals surface area contributed by atoms with Gasteiger partial charge in [-0.2, -0.15) is 0 Å². The van der Waals surface area contributed by atoms with Crippen LogP contribution in [0.2, 0.25) is 0 Å². The van der Waals surface area contributed by atoms with E-state index in [0.29, 0.717) is 24.3 Å². The highest BCUT2D eigenvalue weighted by Gasteiger charge is 2.33. The zero-order valence-electron chi connectivity index (χ0n) is 14.4.